The van der Waals surface area contributed by atoms with E-state index < -0.39 is 5.97 Å². The summed E-state index contributed by atoms with van der Waals surface area (Å²) in [5.41, 5.74) is 0. The van der Waals surface area contributed by atoms with E-state index in [-0.39, 0.29) is 19.0 Å². The monoisotopic (exact) mass is 266 g/mol. The molecule has 1 aromatic rings. The Morgan fingerprint density at radius 1 is 1.47 bits per heavy atom. The van der Waals surface area contributed by atoms with Crippen LogP contribution in [0.3, 0.4) is 0 Å². The number of amides is 1. The van der Waals surface area contributed by atoms with Crippen molar-refractivity contribution in [3.05, 3.63) is 36.8 Å². The molecule has 0 saturated carbocycles. The molecule has 0 unspecified atom stereocenters. The number of hydrogen-bond donors (Lipinski definition) is 1. The Balaban J connectivity index is 2.50. The maximum absolute atomic E-state index is 12.0. The number of carboxylic acids is 1. The zero-order valence-corrected chi connectivity index (χ0v) is 10.9. The number of hydrogen-bond acceptors (Lipinski definition) is 4. The first-order chi connectivity index (χ1) is 9.02. The minimum Gasteiger partial charge on any atom is -0.480 e. The first-order valence-corrected chi connectivity index (χ1v) is 5.84. The minimum absolute atomic E-state index is 0.0372. The molecule has 0 atom stereocenters. The van der Waals surface area contributed by atoms with Gasteiger partial charge in [0.2, 0.25) is 5.91 Å². The highest BCUT2D eigenvalue weighted by Gasteiger charge is 2.16. The molecule has 0 fully saturated rings. The topological polar surface area (TPSA) is 74.0 Å². The van der Waals surface area contributed by atoms with Gasteiger partial charge in [-0.25, -0.2) is 0 Å². The second-order valence-corrected chi connectivity index (χ2v) is 4.18. The summed E-state index contributed by atoms with van der Waals surface area (Å²) in [6.45, 7) is 4.11. The van der Waals surface area contributed by atoms with E-state index in [0.29, 0.717) is 18.8 Å². The van der Waals surface area contributed by atoms with Crippen molar-refractivity contribution in [2.45, 2.75) is 6.54 Å². The van der Waals surface area contributed by atoms with Crippen molar-refractivity contribution >= 4 is 11.9 Å². The van der Waals surface area contributed by atoms with Gasteiger partial charge in [0.15, 0.2) is 0 Å². The zero-order valence-electron chi connectivity index (χ0n) is 10.9. The average molecular weight is 266 g/mol. The third kappa shape index (κ3) is 5.39. The highest BCUT2D eigenvalue weighted by atomic mass is 16.4. The van der Waals surface area contributed by atoms with E-state index in [0.717, 1.165) is 0 Å². The van der Waals surface area contributed by atoms with Gasteiger partial charge in [0, 0.05) is 13.6 Å². The predicted octanol–water partition coefficient (Wildman–Crippen LogP) is 0.811. The summed E-state index contributed by atoms with van der Waals surface area (Å²) in [5, 5.41) is 8.75. The van der Waals surface area contributed by atoms with Crippen LogP contribution in [0.2, 0.25) is 0 Å². The fraction of sp³-hybridized carbons (Fsp3) is 0.385. The molecule has 19 heavy (non-hydrogen) atoms. The first-order valence-electron chi connectivity index (χ1n) is 5.84. The van der Waals surface area contributed by atoms with E-state index in [1.165, 1.54) is 9.80 Å². The molecule has 0 spiro atoms. The Hall–Kier alpha value is -2.08. The summed E-state index contributed by atoms with van der Waals surface area (Å²) in [5.74, 6) is -0.452. The van der Waals surface area contributed by atoms with Crippen LogP contribution in [0, 0.1) is 0 Å². The number of carbonyl (C=O) groups is 2. The maximum atomic E-state index is 12.0. The van der Waals surface area contributed by atoms with Gasteiger partial charge in [-0.05, 0) is 12.1 Å². The quantitative estimate of drug-likeness (QED) is 0.705. The standard InChI is InChI=1S/C13H18N2O4/c1-3-6-15(10-13(17)18)9-12(16)14(2)8-11-5-4-7-19-11/h3-5,7H,1,6,8-10H2,2H3,(H,17,18). The van der Waals surface area contributed by atoms with E-state index in [9.17, 15) is 9.59 Å². The van der Waals surface area contributed by atoms with Crippen molar-refractivity contribution in [1.29, 1.82) is 0 Å². The van der Waals surface area contributed by atoms with Crippen LogP contribution in [0.15, 0.2) is 35.5 Å². The van der Waals surface area contributed by atoms with Gasteiger partial charge in [0.25, 0.3) is 0 Å². The van der Waals surface area contributed by atoms with Crippen molar-refractivity contribution < 1.29 is 19.1 Å². The van der Waals surface area contributed by atoms with E-state index in [4.69, 9.17) is 9.52 Å². The van der Waals surface area contributed by atoms with Crippen molar-refractivity contribution in [2.24, 2.45) is 0 Å². The van der Waals surface area contributed by atoms with Gasteiger partial charge in [0.1, 0.15) is 5.76 Å². The second-order valence-electron chi connectivity index (χ2n) is 4.18. The van der Waals surface area contributed by atoms with Gasteiger partial charge in [-0.2, -0.15) is 0 Å². The Kier molecular flexibility index (Phi) is 5.81. The third-order valence-electron chi connectivity index (χ3n) is 2.50. The molecule has 1 amide bonds. The van der Waals surface area contributed by atoms with Gasteiger partial charge >= 0.3 is 5.97 Å². The number of aliphatic carboxylic acids is 1. The zero-order chi connectivity index (χ0) is 14.3. The second kappa shape index (κ2) is 7.38. The molecule has 0 aliphatic rings. The van der Waals surface area contributed by atoms with E-state index in [2.05, 4.69) is 6.58 Å². The van der Waals surface area contributed by atoms with Gasteiger partial charge in [-0.3, -0.25) is 14.5 Å². The molecular weight excluding hydrogens is 248 g/mol. The molecule has 0 bridgehead atoms. The van der Waals surface area contributed by atoms with Crippen molar-refractivity contribution in [3.8, 4) is 0 Å². The average Bonchev–Trinajstić information content (AvgIpc) is 2.81. The molecule has 1 N–H and O–H groups in total. The summed E-state index contributed by atoms with van der Waals surface area (Å²) in [6, 6.07) is 3.53. The van der Waals surface area contributed by atoms with Crippen LogP contribution >= 0.6 is 0 Å². The van der Waals surface area contributed by atoms with Crippen LogP contribution in [0.25, 0.3) is 0 Å². The number of rotatable bonds is 8. The minimum atomic E-state index is -0.969. The molecule has 0 saturated heterocycles. The molecule has 0 aromatic carbocycles. The van der Waals surface area contributed by atoms with Crippen LogP contribution in [-0.2, 0) is 16.1 Å². The summed E-state index contributed by atoms with van der Waals surface area (Å²) >= 11 is 0. The van der Waals surface area contributed by atoms with E-state index in [1.54, 1.807) is 31.5 Å². The Bertz CT molecular complexity index is 428. The lowest BCUT2D eigenvalue weighted by Gasteiger charge is -2.22. The number of carboxylic acid groups (broad SMARTS) is 1. The van der Waals surface area contributed by atoms with E-state index in [1.807, 2.05) is 0 Å². The van der Waals surface area contributed by atoms with Crippen LogP contribution in [0.1, 0.15) is 5.76 Å². The molecule has 0 radical (unpaired) electrons. The fourth-order valence-electron chi connectivity index (χ4n) is 1.60. The fourth-order valence-corrected chi connectivity index (χ4v) is 1.60. The predicted molar refractivity (Wildman–Crippen MR) is 69.5 cm³/mol. The van der Waals surface area contributed by atoms with Gasteiger partial charge in [0.05, 0.1) is 25.9 Å². The Labute approximate surface area is 111 Å². The van der Waals surface area contributed by atoms with Crippen LogP contribution in [0.4, 0.5) is 0 Å². The molecular formula is C13H18N2O4. The number of nitrogens with zero attached hydrogens (tertiary/aromatic N) is 2. The van der Waals surface area contributed by atoms with Crippen LogP contribution in [0.5, 0.6) is 0 Å². The van der Waals surface area contributed by atoms with Gasteiger partial charge in [-0.15, -0.1) is 6.58 Å². The third-order valence-corrected chi connectivity index (χ3v) is 2.50. The largest absolute Gasteiger partial charge is 0.480 e. The highest BCUT2D eigenvalue weighted by Crippen LogP contribution is 2.04. The maximum Gasteiger partial charge on any atom is 0.317 e. The van der Waals surface area contributed by atoms with Crippen LogP contribution in [-0.4, -0.2) is 53.5 Å². The summed E-state index contributed by atoms with van der Waals surface area (Å²) in [7, 11) is 1.65. The lowest BCUT2D eigenvalue weighted by Crippen LogP contribution is -2.40. The Morgan fingerprint density at radius 3 is 2.74 bits per heavy atom. The van der Waals surface area contributed by atoms with Crippen molar-refractivity contribution in [1.82, 2.24) is 9.80 Å². The van der Waals surface area contributed by atoms with E-state index >= 15 is 0 Å². The van der Waals surface area contributed by atoms with Crippen molar-refractivity contribution in [3.63, 3.8) is 0 Å². The molecule has 0 aliphatic heterocycles. The number of furan rings is 1. The summed E-state index contributed by atoms with van der Waals surface area (Å²) in [4.78, 5) is 25.6. The normalized spacial score (nSPS) is 10.4. The van der Waals surface area contributed by atoms with Crippen molar-refractivity contribution in [2.75, 3.05) is 26.7 Å². The molecule has 1 rings (SSSR count). The van der Waals surface area contributed by atoms with Crippen LogP contribution < -0.4 is 0 Å². The molecule has 1 aromatic heterocycles. The lowest BCUT2D eigenvalue weighted by atomic mass is 10.3. The lowest BCUT2D eigenvalue weighted by molar-refractivity contribution is -0.139. The van der Waals surface area contributed by atoms with Gasteiger partial charge < -0.3 is 14.4 Å². The molecule has 1 heterocycles. The number of carbonyl (C=O) groups excluding carboxylic acids is 1. The molecule has 0 aliphatic carbocycles. The smallest absolute Gasteiger partial charge is 0.317 e. The highest BCUT2D eigenvalue weighted by molar-refractivity contribution is 5.79. The number of likely N-dealkylation sites (N-methyl/N-ethyl adjacent to an activating group) is 1. The van der Waals surface area contributed by atoms with Gasteiger partial charge in [-0.1, -0.05) is 6.08 Å². The Morgan fingerprint density at radius 2 is 2.21 bits per heavy atom. The summed E-state index contributed by atoms with van der Waals surface area (Å²) in [6.07, 6.45) is 3.12. The summed E-state index contributed by atoms with van der Waals surface area (Å²) < 4.78 is 5.15. The molecule has 6 nitrogen and oxygen atoms in total. The SMILES string of the molecule is C=CCN(CC(=O)O)CC(=O)N(C)Cc1ccco1. The molecule has 104 valence electrons. The molecule has 6 heteroatoms. The first kappa shape index (κ1) is 15.0.